The van der Waals surface area contributed by atoms with E-state index >= 15 is 0 Å². The van der Waals surface area contributed by atoms with Gasteiger partial charge in [0.1, 0.15) is 22.3 Å². The molecule has 0 unspecified atom stereocenters. The van der Waals surface area contributed by atoms with E-state index in [1.807, 2.05) is 30.3 Å². The van der Waals surface area contributed by atoms with E-state index in [0.717, 1.165) is 30.4 Å². The Morgan fingerprint density at radius 2 is 1.95 bits per heavy atom. The van der Waals surface area contributed by atoms with Crippen LogP contribution in [0.15, 0.2) is 68.6 Å². The summed E-state index contributed by atoms with van der Waals surface area (Å²) in [5.41, 5.74) is 3.26. The molecule has 202 valence electrons. The van der Waals surface area contributed by atoms with Crippen molar-refractivity contribution in [3.8, 4) is 11.3 Å². The van der Waals surface area contributed by atoms with Crippen LogP contribution >= 0.6 is 11.3 Å². The first-order chi connectivity index (χ1) is 18.7. The fourth-order valence-corrected chi connectivity index (χ4v) is 6.16. The Labute approximate surface area is 231 Å². The minimum Gasteiger partial charge on any atom is -0.467 e. The van der Waals surface area contributed by atoms with Crippen molar-refractivity contribution < 1.29 is 23.2 Å². The van der Waals surface area contributed by atoms with Crippen LogP contribution in [-0.2, 0) is 24.1 Å². The lowest BCUT2D eigenvalue weighted by atomic mass is 9.72. The number of fused-ring (bicyclic) bond motifs is 1. The highest BCUT2D eigenvalue weighted by atomic mass is 32.1. The first-order valence-electron chi connectivity index (χ1n) is 13.0. The van der Waals surface area contributed by atoms with E-state index in [9.17, 15) is 9.59 Å². The van der Waals surface area contributed by atoms with E-state index in [-0.39, 0.29) is 17.3 Å². The van der Waals surface area contributed by atoms with Crippen LogP contribution in [0.5, 0.6) is 0 Å². The van der Waals surface area contributed by atoms with Crippen LogP contribution in [0.4, 0.5) is 5.00 Å². The van der Waals surface area contributed by atoms with Crippen LogP contribution in [0.2, 0.25) is 0 Å². The molecule has 1 aliphatic rings. The molecule has 7 nitrogen and oxygen atoms in total. The van der Waals surface area contributed by atoms with Gasteiger partial charge in [0.2, 0.25) is 0 Å². The molecule has 1 N–H and O–H groups in total. The number of benzene rings is 1. The van der Waals surface area contributed by atoms with Gasteiger partial charge >= 0.3 is 5.97 Å². The Morgan fingerprint density at radius 1 is 1.15 bits per heavy atom. The topological polar surface area (TPSA) is 94.0 Å². The molecule has 3 heterocycles. The molecule has 1 amide bonds. The van der Waals surface area contributed by atoms with Crippen LogP contribution in [0.25, 0.3) is 11.3 Å². The molecule has 0 saturated heterocycles. The van der Waals surface area contributed by atoms with E-state index in [1.54, 1.807) is 42.0 Å². The number of nitrogens with zero attached hydrogens (tertiary/aromatic N) is 1. The number of thiophene rings is 1. The van der Waals surface area contributed by atoms with Crippen molar-refractivity contribution in [3.63, 3.8) is 0 Å². The first kappa shape index (κ1) is 26.7. The van der Waals surface area contributed by atoms with E-state index in [2.05, 4.69) is 26.1 Å². The number of hydrogen-bond donors (Lipinski definition) is 1. The number of hydrogen-bond acceptors (Lipinski definition) is 7. The lowest BCUT2D eigenvalue weighted by molar-refractivity contribution is 0.0600. The summed E-state index contributed by atoms with van der Waals surface area (Å²) >= 11 is 1.59. The van der Waals surface area contributed by atoms with Gasteiger partial charge in [-0.2, -0.15) is 0 Å². The third-order valence-electron chi connectivity index (χ3n) is 7.23. The van der Waals surface area contributed by atoms with Gasteiger partial charge in [-0.05, 0) is 72.6 Å². The number of carbonyl (C=O) groups excluding carboxylic acids is 2. The maximum Gasteiger partial charge on any atom is 0.337 e. The van der Waals surface area contributed by atoms with Gasteiger partial charge in [-0.1, -0.05) is 32.9 Å². The van der Waals surface area contributed by atoms with E-state index < -0.39 is 0 Å². The van der Waals surface area contributed by atoms with E-state index in [1.165, 1.54) is 12.0 Å². The molecule has 0 spiro atoms. The van der Waals surface area contributed by atoms with Gasteiger partial charge in [0.05, 0.1) is 37.3 Å². The molecule has 1 aromatic carbocycles. The Hall–Kier alpha value is -3.91. The van der Waals surface area contributed by atoms with Gasteiger partial charge in [0.25, 0.3) is 5.91 Å². The number of nitrogens with one attached hydrogen (secondary N) is 1. The van der Waals surface area contributed by atoms with Crippen LogP contribution < -0.4 is 5.32 Å². The predicted molar refractivity (Wildman–Crippen MR) is 152 cm³/mol. The molecule has 0 fully saturated rings. The summed E-state index contributed by atoms with van der Waals surface area (Å²) in [4.78, 5) is 31.1. The van der Waals surface area contributed by atoms with Gasteiger partial charge in [0, 0.05) is 10.4 Å². The fraction of sp³-hybridized carbons (Fsp3) is 0.323. The highest BCUT2D eigenvalue weighted by Crippen LogP contribution is 2.45. The second-order valence-electron chi connectivity index (χ2n) is 10.8. The second kappa shape index (κ2) is 11.1. The summed E-state index contributed by atoms with van der Waals surface area (Å²) in [5, 5.41) is 3.69. The number of ether oxygens (including phenoxy) is 1. The quantitative estimate of drug-likeness (QED) is 0.196. The van der Waals surface area contributed by atoms with Gasteiger partial charge < -0.3 is 18.9 Å². The Bertz CT molecular complexity index is 1490. The van der Waals surface area contributed by atoms with Crippen LogP contribution in [-0.4, -0.2) is 25.2 Å². The highest BCUT2D eigenvalue weighted by Gasteiger charge is 2.33. The zero-order valence-corrected chi connectivity index (χ0v) is 23.4. The highest BCUT2D eigenvalue weighted by molar-refractivity contribution is 7.16. The minimum absolute atomic E-state index is 0.143. The van der Waals surface area contributed by atoms with Crippen molar-refractivity contribution in [2.45, 2.75) is 46.6 Å². The number of methoxy groups -OCH3 is 1. The molecule has 0 aliphatic heterocycles. The SMILES string of the molecule is COC(=O)c1ccc(-c2ccc(C=Nc3sc4c(c3C(=O)NCc3ccco3)CC[C@@H](C(C)(C)C)C4)o2)cc1. The second-order valence-corrected chi connectivity index (χ2v) is 11.9. The van der Waals surface area contributed by atoms with Gasteiger partial charge in [-0.3, -0.25) is 4.79 Å². The third-order valence-corrected chi connectivity index (χ3v) is 8.39. The standard InChI is InChI=1S/C31H32N2O5S/c1-31(2,3)21-11-13-24-26(16-21)39-29(27(24)28(34)32-17-22-6-5-15-37-22)33-18-23-12-14-25(38-23)19-7-9-20(10-8-19)30(35)36-4/h5-10,12,14-15,18,21H,11,13,16-17H2,1-4H3,(H,32,34)/t21-/m1/s1. The van der Waals surface area contributed by atoms with Gasteiger partial charge in [-0.15, -0.1) is 11.3 Å². The molecule has 39 heavy (non-hydrogen) atoms. The molecule has 1 aliphatic carbocycles. The molecule has 8 heteroatoms. The van der Waals surface area contributed by atoms with Crippen LogP contribution in [0.1, 0.15) is 69.9 Å². The summed E-state index contributed by atoms with van der Waals surface area (Å²) < 4.78 is 16.2. The summed E-state index contributed by atoms with van der Waals surface area (Å²) in [6.07, 6.45) is 6.12. The zero-order chi connectivity index (χ0) is 27.6. The zero-order valence-electron chi connectivity index (χ0n) is 22.6. The maximum atomic E-state index is 13.4. The summed E-state index contributed by atoms with van der Waals surface area (Å²) in [7, 11) is 1.36. The minimum atomic E-state index is -0.384. The van der Waals surface area contributed by atoms with Crippen LogP contribution in [0.3, 0.4) is 0 Å². The fourth-order valence-electron chi connectivity index (χ4n) is 4.89. The normalized spacial score (nSPS) is 15.3. The Kier molecular flexibility index (Phi) is 7.57. The number of furan rings is 2. The predicted octanol–water partition coefficient (Wildman–Crippen LogP) is 7.22. The largest absolute Gasteiger partial charge is 0.467 e. The molecule has 0 radical (unpaired) electrons. The summed E-state index contributed by atoms with van der Waals surface area (Å²) in [5.74, 6) is 1.96. The monoisotopic (exact) mass is 544 g/mol. The number of amides is 1. The molecule has 5 rings (SSSR count). The maximum absolute atomic E-state index is 13.4. The Balaban J connectivity index is 1.40. The molecular formula is C31H32N2O5S. The lowest BCUT2D eigenvalue weighted by Gasteiger charge is -2.33. The lowest BCUT2D eigenvalue weighted by Crippen LogP contribution is -2.28. The van der Waals surface area contributed by atoms with E-state index in [4.69, 9.17) is 18.6 Å². The van der Waals surface area contributed by atoms with Crippen molar-refractivity contribution in [1.82, 2.24) is 5.32 Å². The van der Waals surface area contributed by atoms with Crippen molar-refractivity contribution in [2.75, 3.05) is 7.11 Å². The third kappa shape index (κ3) is 5.91. The van der Waals surface area contributed by atoms with Crippen LogP contribution in [0, 0.1) is 11.3 Å². The number of rotatable bonds is 7. The summed E-state index contributed by atoms with van der Waals surface area (Å²) in [6.45, 7) is 7.16. The van der Waals surface area contributed by atoms with Crippen molar-refractivity contribution in [3.05, 3.63) is 87.9 Å². The number of carbonyl (C=O) groups is 2. The van der Waals surface area contributed by atoms with Crippen molar-refractivity contribution in [2.24, 2.45) is 16.3 Å². The van der Waals surface area contributed by atoms with Gasteiger partial charge in [0.15, 0.2) is 0 Å². The summed E-state index contributed by atoms with van der Waals surface area (Å²) in [6, 6.07) is 14.4. The average molecular weight is 545 g/mol. The molecule has 4 aromatic rings. The number of esters is 1. The first-order valence-corrected chi connectivity index (χ1v) is 13.8. The molecule has 0 saturated carbocycles. The molecule has 3 aromatic heterocycles. The molecule has 1 atom stereocenters. The molecular weight excluding hydrogens is 512 g/mol. The smallest absolute Gasteiger partial charge is 0.337 e. The van der Waals surface area contributed by atoms with Crippen molar-refractivity contribution >= 4 is 34.4 Å². The van der Waals surface area contributed by atoms with E-state index in [0.29, 0.717) is 45.9 Å². The average Bonchev–Trinajstić information content (AvgIpc) is 3.69. The molecule has 0 bridgehead atoms. The number of aliphatic imine (C=N–C) groups is 1. The van der Waals surface area contributed by atoms with Crippen molar-refractivity contribution in [1.29, 1.82) is 0 Å². The van der Waals surface area contributed by atoms with Gasteiger partial charge in [-0.25, -0.2) is 9.79 Å². The Morgan fingerprint density at radius 3 is 2.64 bits per heavy atom.